The van der Waals surface area contributed by atoms with Gasteiger partial charge in [-0.2, -0.15) is 11.8 Å². The van der Waals surface area contributed by atoms with Crippen molar-refractivity contribution >= 4 is 35.5 Å². The highest BCUT2D eigenvalue weighted by molar-refractivity contribution is 7.99. The fourth-order valence-electron chi connectivity index (χ4n) is 1.06. The smallest absolute Gasteiger partial charge is 0.326 e. The van der Waals surface area contributed by atoms with Gasteiger partial charge in [-0.1, -0.05) is 0 Å². The van der Waals surface area contributed by atoms with Crippen LogP contribution in [0.2, 0.25) is 0 Å². The van der Waals surface area contributed by atoms with Crippen LogP contribution in [0.3, 0.4) is 0 Å². The number of hydrogen-bond donors (Lipinski definition) is 4. The molecule has 0 radical (unpaired) electrons. The van der Waals surface area contributed by atoms with Crippen LogP contribution in [0, 0.1) is 0 Å². The first-order chi connectivity index (χ1) is 8.82. The number of carboxylic acid groups (broad SMARTS) is 1. The number of amides is 3. The highest BCUT2D eigenvalue weighted by Crippen LogP contribution is 2.05. The summed E-state index contributed by atoms with van der Waals surface area (Å²) in [6, 6.07) is -0.955. The number of carbonyl (C=O) groups excluding carboxylic acids is 3. The molecule has 3 amide bonds. The van der Waals surface area contributed by atoms with Crippen LogP contribution >= 0.6 is 11.8 Å². The molecule has 0 saturated carbocycles. The van der Waals surface area contributed by atoms with E-state index in [1.54, 1.807) is 0 Å². The second kappa shape index (κ2) is 9.20. The van der Waals surface area contributed by atoms with Crippen LogP contribution in [0.5, 0.6) is 0 Å². The fraction of sp³-hybridized carbons (Fsp3) is 0.600. The van der Waals surface area contributed by atoms with Crippen LogP contribution in [-0.2, 0) is 19.2 Å². The Bertz CT molecular complexity index is 361. The van der Waals surface area contributed by atoms with Gasteiger partial charge in [-0.05, 0) is 12.2 Å². The molecule has 8 nitrogen and oxygen atoms in total. The first-order valence-electron chi connectivity index (χ1n) is 5.46. The second-order valence-corrected chi connectivity index (χ2v) is 4.77. The van der Waals surface area contributed by atoms with Crippen LogP contribution in [-0.4, -0.2) is 46.3 Å². The molecule has 9 heteroatoms. The summed E-state index contributed by atoms with van der Waals surface area (Å²) in [4.78, 5) is 43.2. The van der Waals surface area contributed by atoms with Gasteiger partial charge in [-0.3, -0.25) is 25.2 Å². The Kier molecular flexibility index (Phi) is 8.34. The lowest BCUT2D eigenvalue weighted by Crippen LogP contribution is -2.41. The predicted octanol–water partition coefficient (Wildman–Crippen LogP) is -1.13. The summed E-state index contributed by atoms with van der Waals surface area (Å²) in [5.41, 5.74) is 4.32. The molecule has 0 spiro atoms. The molecule has 0 aliphatic carbocycles. The Hall–Kier alpha value is -1.77. The zero-order valence-electron chi connectivity index (χ0n) is 10.7. The minimum Gasteiger partial charge on any atom is -0.480 e. The van der Waals surface area contributed by atoms with Gasteiger partial charge in [0, 0.05) is 13.8 Å². The third kappa shape index (κ3) is 9.89. The van der Waals surface area contributed by atoms with Crippen molar-refractivity contribution in [2.45, 2.75) is 26.3 Å². The van der Waals surface area contributed by atoms with E-state index in [4.69, 9.17) is 5.11 Å². The van der Waals surface area contributed by atoms with Crippen molar-refractivity contribution in [3.8, 4) is 0 Å². The summed E-state index contributed by atoms with van der Waals surface area (Å²) in [5.74, 6) is -1.81. The maximum atomic E-state index is 11.2. The average molecular weight is 291 g/mol. The van der Waals surface area contributed by atoms with Crippen molar-refractivity contribution in [2.75, 3.05) is 11.5 Å². The molecular formula is C10H17N3O5S. The van der Waals surface area contributed by atoms with E-state index in [0.717, 1.165) is 0 Å². The first kappa shape index (κ1) is 17.2. The van der Waals surface area contributed by atoms with Gasteiger partial charge in [0.1, 0.15) is 6.04 Å². The number of aliphatic carboxylic acids is 1. The van der Waals surface area contributed by atoms with Crippen molar-refractivity contribution in [2.24, 2.45) is 0 Å². The maximum absolute atomic E-state index is 11.2. The molecule has 0 aliphatic heterocycles. The van der Waals surface area contributed by atoms with Gasteiger partial charge >= 0.3 is 5.97 Å². The lowest BCUT2D eigenvalue weighted by atomic mass is 10.2. The number of hydrazine groups is 1. The molecule has 0 heterocycles. The fourth-order valence-corrected chi connectivity index (χ4v) is 1.87. The van der Waals surface area contributed by atoms with Gasteiger partial charge in [-0.25, -0.2) is 4.79 Å². The normalized spacial score (nSPS) is 11.3. The average Bonchev–Trinajstić information content (AvgIpc) is 2.29. The Balaban J connectivity index is 3.81. The van der Waals surface area contributed by atoms with E-state index in [1.165, 1.54) is 25.6 Å². The van der Waals surface area contributed by atoms with Crippen molar-refractivity contribution in [3.63, 3.8) is 0 Å². The lowest BCUT2D eigenvalue weighted by molar-refractivity contribution is -0.141. The van der Waals surface area contributed by atoms with E-state index in [9.17, 15) is 19.2 Å². The maximum Gasteiger partial charge on any atom is 0.326 e. The third-order valence-electron chi connectivity index (χ3n) is 1.84. The Labute approximate surface area is 114 Å². The van der Waals surface area contributed by atoms with Gasteiger partial charge in [0.25, 0.3) is 0 Å². The van der Waals surface area contributed by atoms with E-state index in [1.807, 2.05) is 0 Å². The predicted molar refractivity (Wildman–Crippen MR) is 69.1 cm³/mol. The quantitative estimate of drug-likeness (QED) is 0.347. The molecule has 108 valence electrons. The summed E-state index contributed by atoms with van der Waals surface area (Å²) < 4.78 is 0. The van der Waals surface area contributed by atoms with Crippen molar-refractivity contribution in [3.05, 3.63) is 0 Å². The Morgan fingerprint density at radius 2 is 1.74 bits per heavy atom. The number of hydrogen-bond acceptors (Lipinski definition) is 5. The van der Waals surface area contributed by atoms with E-state index < -0.39 is 17.9 Å². The SMILES string of the molecule is CC(=O)NNC(=O)CSCCC(NC(C)=O)C(=O)O. The highest BCUT2D eigenvalue weighted by Gasteiger charge is 2.17. The molecule has 0 aromatic carbocycles. The van der Waals surface area contributed by atoms with Crippen LogP contribution in [0.15, 0.2) is 0 Å². The van der Waals surface area contributed by atoms with E-state index in [0.29, 0.717) is 5.75 Å². The number of carboxylic acids is 1. The number of nitrogens with one attached hydrogen (secondary N) is 3. The summed E-state index contributed by atoms with van der Waals surface area (Å²) >= 11 is 1.21. The molecule has 0 bridgehead atoms. The van der Waals surface area contributed by atoms with Crippen molar-refractivity contribution in [1.82, 2.24) is 16.2 Å². The van der Waals surface area contributed by atoms with Crippen molar-refractivity contribution in [1.29, 1.82) is 0 Å². The number of thioether (sulfide) groups is 1. The van der Waals surface area contributed by atoms with Crippen LogP contribution in [0.25, 0.3) is 0 Å². The van der Waals surface area contributed by atoms with Gasteiger partial charge in [-0.15, -0.1) is 0 Å². The molecule has 19 heavy (non-hydrogen) atoms. The molecule has 1 atom stereocenters. The monoisotopic (exact) mass is 291 g/mol. The van der Waals surface area contributed by atoms with Crippen LogP contribution < -0.4 is 16.2 Å². The largest absolute Gasteiger partial charge is 0.480 e. The second-order valence-electron chi connectivity index (χ2n) is 3.66. The third-order valence-corrected chi connectivity index (χ3v) is 2.83. The van der Waals surface area contributed by atoms with Crippen LogP contribution in [0.1, 0.15) is 20.3 Å². The standard InChI is InChI=1S/C10H17N3O5S/c1-6(14)11-8(10(17)18)3-4-19-5-9(16)13-12-7(2)15/h8H,3-5H2,1-2H3,(H,11,14)(H,12,15)(H,13,16)(H,17,18). The summed E-state index contributed by atoms with van der Waals surface area (Å²) in [6.07, 6.45) is 0.215. The zero-order chi connectivity index (χ0) is 14.8. The van der Waals surface area contributed by atoms with Crippen LogP contribution in [0.4, 0.5) is 0 Å². The Morgan fingerprint density at radius 1 is 1.11 bits per heavy atom. The highest BCUT2D eigenvalue weighted by atomic mass is 32.2. The van der Waals surface area contributed by atoms with E-state index >= 15 is 0 Å². The minimum atomic E-state index is -1.11. The van der Waals surface area contributed by atoms with Crippen molar-refractivity contribution < 1.29 is 24.3 Å². The topological polar surface area (TPSA) is 125 Å². The van der Waals surface area contributed by atoms with Gasteiger partial charge in [0.15, 0.2) is 0 Å². The molecule has 4 N–H and O–H groups in total. The minimum absolute atomic E-state index is 0.0900. The summed E-state index contributed by atoms with van der Waals surface area (Å²) in [7, 11) is 0. The summed E-state index contributed by atoms with van der Waals surface area (Å²) in [5, 5.41) is 11.1. The van der Waals surface area contributed by atoms with Gasteiger partial charge in [0.2, 0.25) is 17.7 Å². The number of rotatable bonds is 7. The van der Waals surface area contributed by atoms with E-state index in [2.05, 4.69) is 16.2 Å². The summed E-state index contributed by atoms with van der Waals surface area (Å²) in [6.45, 7) is 2.50. The first-order valence-corrected chi connectivity index (χ1v) is 6.61. The molecule has 0 fully saturated rings. The van der Waals surface area contributed by atoms with Gasteiger partial charge in [0.05, 0.1) is 5.75 Å². The molecular weight excluding hydrogens is 274 g/mol. The molecule has 0 rings (SSSR count). The van der Waals surface area contributed by atoms with E-state index in [-0.39, 0.29) is 24.0 Å². The lowest BCUT2D eigenvalue weighted by Gasteiger charge is -2.12. The number of carbonyl (C=O) groups is 4. The molecule has 0 aromatic rings. The Morgan fingerprint density at radius 3 is 2.21 bits per heavy atom. The zero-order valence-corrected chi connectivity index (χ0v) is 11.5. The molecule has 0 aromatic heterocycles. The van der Waals surface area contributed by atoms with Gasteiger partial charge < -0.3 is 10.4 Å². The molecule has 0 aliphatic rings. The molecule has 0 saturated heterocycles. The molecule has 1 unspecified atom stereocenters.